The molecule has 3 heteroatoms. The van der Waals surface area contributed by atoms with Gasteiger partial charge in [0.15, 0.2) is 6.61 Å². The van der Waals surface area contributed by atoms with Crippen molar-refractivity contribution in [1.82, 2.24) is 4.98 Å². The van der Waals surface area contributed by atoms with Gasteiger partial charge in [0.05, 0.1) is 4.47 Å². The lowest BCUT2D eigenvalue weighted by atomic mass is 10.3. The summed E-state index contributed by atoms with van der Waals surface area (Å²) in [5.41, 5.74) is 1.08. The first kappa shape index (κ1) is 9.08. The van der Waals surface area contributed by atoms with Crippen LogP contribution in [-0.4, -0.2) is 11.6 Å². The molecule has 62 valence electrons. The van der Waals surface area contributed by atoms with Crippen LogP contribution in [0.2, 0.25) is 0 Å². The van der Waals surface area contributed by atoms with Gasteiger partial charge in [0, 0.05) is 6.20 Å². The topological polar surface area (TPSA) is 22.1 Å². The second kappa shape index (κ2) is 4.13. The Morgan fingerprint density at radius 3 is 3.17 bits per heavy atom. The molecule has 0 aromatic carbocycles. The molecular weight excluding hydrogens is 218 g/mol. The van der Waals surface area contributed by atoms with Gasteiger partial charge in [-0.3, -0.25) is 0 Å². The zero-order chi connectivity index (χ0) is 8.97. The number of hydrogen-bond acceptors (Lipinski definition) is 2. The van der Waals surface area contributed by atoms with E-state index in [2.05, 4.69) is 26.8 Å². The first-order chi connectivity index (χ1) is 5.75. The van der Waals surface area contributed by atoms with Crippen LogP contribution in [0.3, 0.4) is 0 Å². The number of ether oxygens (including phenoxy) is 1. The first-order valence-corrected chi connectivity index (χ1v) is 4.22. The van der Waals surface area contributed by atoms with Crippen molar-refractivity contribution in [3.8, 4) is 18.2 Å². The maximum Gasteiger partial charge on any atom is 0.229 e. The molecule has 0 atom stereocenters. The minimum Gasteiger partial charge on any atom is -0.464 e. The Morgan fingerprint density at radius 1 is 1.75 bits per heavy atom. The van der Waals surface area contributed by atoms with Crippen molar-refractivity contribution in [2.24, 2.45) is 0 Å². The lowest BCUT2D eigenvalue weighted by Gasteiger charge is -2.04. The highest BCUT2D eigenvalue weighted by molar-refractivity contribution is 9.10. The van der Waals surface area contributed by atoms with E-state index < -0.39 is 0 Å². The van der Waals surface area contributed by atoms with Crippen molar-refractivity contribution < 1.29 is 4.74 Å². The quantitative estimate of drug-likeness (QED) is 0.721. The summed E-state index contributed by atoms with van der Waals surface area (Å²) in [7, 11) is 0. The summed E-state index contributed by atoms with van der Waals surface area (Å²) in [6.07, 6.45) is 6.73. The normalized spacial score (nSPS) is 9.08. The highest BCUT2D eigenvalue weighted by atomic mass is 79.9. The van der Waals surface area contributed by atoms with Crippen LogP contribution >= 0.6 is 15.9 Å². The van der Waals surface area contributed by atoms with Gasteiger partial charge < -0.3 is 4.74 Å². The molecule has 0 saturated carbocycles. The van der Waals surface area contributed by atoms with Gasteiger partial charge in [-0.25, -0.2) is 4.98 Å². The molecule has 0 bridgehead atoms. The highest BCUT2D eigenvalue weighted by Gasteiger charge is 2.03. The number of halogens is 1. The molecule has 0 saturated heterocycles. The molecule has 0 N–H and O–H groups in total. The van der Waals surface area contributed by atoms with Crippen LogP contribution in [0.1, 0.15) is 5.56 Å². The third-order valence-electron chi connectivity index (χ3n) is 1.34. The van der Waals surface area contributed by atoms with E-state index in [1.807, 2.05) is 13.0 Å². The Balaban J connectivity index is 2.86. The molecule has 1 aromatic rings. The third-order valence-corrected chi connectivity index (χ3v) is 2.31. The standard InChI is InChI=1S/C9H8BrNO/c1-3-6-12-9-8(10)7(2)4-5-11-9/h1,4-5H,6H2,2H3. The number of aromatic nitrogens is 1. The second-order valence-corrected chi connectivity index (χ2v) is 3.03. The number of pyridine rings is 1. The van der Waals surface area contributed by atoms with Crippen molar-refractivity contribution in [2.45, 2.75) is 6.92 Å². The molecule has 0 fully saturated rings. The van der Waals surface area contributed by atoms with Crippen molar-refractivity contribution >= 4 is 15.9 Å². The first-order valence-electron chi connectivity index (χ1n) is 3.43. The molecule has 12 heavy (non-hydrogen) atoms. The van der Waals surface area contributed by atoms with E-state index >= 15 is 0 Å². The molecule has 2 nitrogen and oxygen atoms in total. The number of terminal acetylenes is 1. The largest absolute Gasteiger partial charge is 0.464 e. The number of aryl methyl sites for hydroxylation is 1. The van der Waals surface area contributed by atoms with Gasteiger partial charge >= 0.3 is 0 Å². The SMILES string of the molecule is C#CCOc1nccc(C)c1Br. The highest BCUT2D eigenvalue weighted by Crippen LogP contribution is 2.24. The molecular formula is C9H8BrNO. The van der Waals surface area contributed by atoms with Crippen molar-refractivity contribution in [3.05, 3.63) is 22.3 Å². The van der Waals surface area contributed by atoms with E-state index in [9.17, 15) is 0 Å². The van der Waals surface area contributed by atoms with Crippen molar-refractivity contribution in [3.63, 3.8) is 0 Å². The van der Waals surface area contributed by atoms with Crippen LogP contribution in [0.4, 0.5) is 0 Å². The van der Waals surface area contributed by atoms with Gasteiger partial charge in [0.1, 0.15) is 0 Å². The van der Waals surface area contributed by atoms with Gasteiger partial charge in [0.2, 0.25) is 5.88 Å². The van der Waals surface area contributed by atoms with E-state index in [0.29, 0.717) is 5.88 Å². The van der Waals surface area contributed by atoms with Crippen molar-refractivity contribution in [1.29, 1.82) is 0 Å². The van der Waals surface area contributed by atoms with E-state index in [0.717, 1.165) is 10.0 Å². The van der Waals surface area contributed by atoms with Gasteiger partial charge in [-0.1, -0.05) is 5.92 Å². The average Bonchev–Trinajstić information content (AvgIpc) is 2.08. The van der Waals surface area contributed by atoms with Crippen LogP contribution in [0.5, 0.6) is 5.88 Å². The van der Waals surface area contributed by atoms with Gasteiger partial charge in [0.25, 0.3) is 0 Å². The summed E-state index contributed by atoms with van der Waals surface area (Å²) in [5, 5.41) is 0. The molecule has 0 aliphatic rings. The summed E-state index contributed by atoms with van der Waals surface area (Å²) in [6, 6.07) is 1.90. The maximum atomic E-state index is 5.17. The van der Waals surface area contributed by atoms with E-state index in [1.165, 1.54) is 0 Å². The Bertz CT molecular complexity index is 317. The zero-order valence-corrected chi connectivity index (χ0v) is 8.26. The summed E-state index contributed by atoms with van der Waals surface area (Å²) in [6.45, 7) is 2.21. The average molecular weight is 226 g/mol. The van der Waals surface area contributed by atoms with Gasteiger partial charge in [-0.05, 0) is 34.5 Å². The number of nitrogens with zero attached hydrogens (tertiary/aromatic N) is 1. The summed E-state index contributed by atoms with van der Waals surface area (Å²) >= 11 is 3.35. The third kappa shape index (κ3) is 1.99. The zero-order valence-electron chi connectivity index (χ0n) is 6.67. The lowest BCUT2D eigenvalue weighted by molar-refractivity contribution is 0.352. The Kier molecular flexibility index (Phi) is 3.12. The smallest absolute Gasteiger partial charge is 0.229 e. The van der Waals surface area contributed by atoms with E-state index in [-0.39, 0.29) is 6.61 Å². The van der Waals surface area contributed by atoms with Crippen LogP contribution in [0, 0.1) is 19.3 Å². The summed E-state index contributed by atoms with van der Waals surface area (Å²) in [5.74, 6) is 2.93. The monoisotopic (exact) mass is 225 g/mol. The Hall–Kier alpha value is -1.01. The molecule has 0 aliphatic carbocycles. The molecule has 0 amide bonds. The fourth-order valence-electron chi connectivity index (χ4n) is 0.726. The van der Waals surface area contributed by atoms with Crippen LogP contribution in [0.15, 0.2) is 16.7 Å². The van der Waals surface area contributed by atoms with Crippen LogP contribution < -0.4 is 4.74 Å². The molecule has 1 heterocycles. The van der Waals surface area contributed by atoms with Crippen LogP contribution in [-0.2, 0) is 0 Å². The van der Waals surface area contributed by atoms with Crippen molar-refractivity contribution in [2.75, 3.05) is 6.61 Å². The number of hydrogen-bond donors (Lipinski definition) is 0. The van der Waals surface area contributed by atoms with E-state index in [4.69, 9.17) is 11.2 Å². The molecule has 0 aliphatic heterocycles. The molecule has 0 radical (unpaired) electrons. The fraction of sp³-hybridized carbons (Fsp3) is 0.222. The Morgan fingerprint density at radius 2 is 2.50 bits per heavy atom. The Labute approximate surface area is 80.1 Å². The second-order valence-electron chi connectivity index (χ2n) is 2.24. The van der Waals surface area contributed by atoms with E-state index in [1.54, 1.807) is 6.20 Å². The van der Waals surface area contributed by atoms with Gasteiger partial charge in [-0.15, -0.1) is 6.42 Å². The predicted molar refractivity (Wildman–Crippen MR) is 51.0 cm³/mol. The molecule has 0 unspecified atom stereocenters. The summed E-state index contributed by atoms with van der Waals surface area (Å²) in [4.78, 5) is 4.01. The minimum atomic E-state index is 0.245. The molecule has 0 spiro atoms. The predicted octanol–water partition coefficient (Wildman–Crippen LogP) is 2.16. The maximum absolute atomic E-state index is 5.17. The fourth-order valence-corrected chi connectivity index (χ4v) is 1.07. The lowest BCUT2D eigenvalue weighted by Crippen LogP contribution is -1.97. The molecule has 1 aromatic heterocycles. The number of rotatable bonds is 2. The summed E-state index contributed by atoms with van der Waals surface area (Å²) < 4.78 is 6.03. The van der Waals surface area contributed by atoms with Crippen LogP contribution in [0.25, 0.3) is 0 Å². The van der Waals surface area contributed by atoms with Gasteiger partial charge in [-0.2, -0.15) is 0 Å². The minimum absolute atomic E-state index is 0.245. The molecule has 1 rings (SSSR count).